The summed E-state index contributed by atoms with van der Waals surface area (Å²) < 4.78 is 6.46. The van der Waals surface area contributed by atoms with Crippen LogP contribution >= 0.6 is 11.8 Å². The lowest BCUT2D eigenvalue weighted by atomic mass is 10.3. The van der Waals surface area contributed by atoms with Crippen LogP contribution < -0.4 is 5.84 Å². The Morgan fingerprint density at radius 2 is 2.41 bits per heavy atom. The number of nitrogen functional groups attached to an aromatic ring is 1. The molecular weight excluding hydrogens is 244 g/mol. The Bertz CT molecular complexity index is 548. The molecule has 7 nitrogen and oxygen atoms in total. The van der Waals surface area contributed by atoms with E-state index in [1.165, 1.54) is 10.9 Å². The van der Waals surface area contributed by atoms with Crippen LogP contribution in [0.25, 0.3) is 11.6 Å². The van der Waals surface area contributed by atoms with E-state index in [4.69, 9.17) is 15.4 Å². The van der Waals surface area contributed by atoms with E-state index in [0.29, 0.717) is 16.7 Å². The average molecular weight is 254 g/mol. The number of nitrogens with zero attached hydrogens (tertiary/aromatic N) is 3. The van der Waals surface area contributed by atoms with E-state index in [1.807, 2.05) is 6.92 Å². The lowest BCUT2D eigenvalue weighted by Gasteiger charge is -2.00. The van der Waals surface area contributed by atoms with Crippen molar-refractivity contribution in [2.45, 2.75) is 12.1 Å². The molecule has 0 aliphatic rings. The summed E-state index contributed by atoms with van der Waals surface area (Å²) in [5.74, 6) is 5.62. The molecule has 0 atom stereocenters. The maximum Gasteiger partial charge on any atom is 0.313 e. The Hall–Kier alpha value is -1.96. The highest BCUT2D eigenvalue weighted by atomic mass is 32.2. The summed E-state index contributed by atoms with van der Waals surface area (Å²) in [5, 5.41) is 16.6. The second-order valence-electron chi connectivity index (χ2n) is 3.29. The first-order chi connectivity index (χ1) is 8.09. The zero-order valence-corrected chi connectivity index (χ0v) is 9.77. The molecule has 0 saturated carbocycles. The second kappa shape index (κ2) is 4.50. The van der Waals surface area contributed by atoms with Crippen molar-refractivity contribution in [3.63, 3.8) is 0 Å². The molecule has 0 aliphatic carbocycles. The Balaban J connectivity index is 2.27. The fourth-order valence-electron chi connectivity index (χ4n) is 1.26. The molecule has 0 amide bonds. The van der Waals surface area contributed by atoms with Crippen LogP contribution in [0.2, 0.25) is 0 Å². The van der Waals surface area contributed by atoms with Crippen molar-refractivity contribution < 1.29 is 14.3 Å². The number of aryl methyl sites for hydroxylation is 1. The molecule has 2 rings (SSSR count). The topological polar surface area (TPSA) is 107 Å². The summed E-state index contributed by atoms with van der Waals surface area (Å²) in [4.78, 5) is 10.4. The van der Waals surface area contributed by atoms with Gasteiger partial charge < -0.3 is 15.4 Å². The van der Waals surface area contributed by atoms with Gasteiger partial charge in [-0.15, -0.1) is 10.2 Å². The SMILES string of the molecule is Cc1ccoc1-c1nnc(SCC(=O)O)n1N. The molecule has 0 unspecified atom stereocenters. The number of nitrogens with two attached hydrogens (primary N) is 1. The van der Waals surface area contributed by atoms with Crippen molar-refractivity contribution in [1.82, 2.24) is 14.9 Å². The molecule has 0 bridgehead atoms. The van der Waals surface area contributed by atoms with Gasteiger partial charge in [0, 0.05) is 0 Å². The highest BCUT2D eigenvalue weighted by Gasteiger charge is 2.17. The maximum absolute atomic E-state index is 10.4. The van der Waals surface area contributed by atoms with Crippen molar-refractivity contribution >= 4 is 17.7 Å². The number of furan rings is 1. The number of rotatable bonds is 4. The first kappa shape index (κ1) is 11.5. The number of aliphatic carboxylic acids is 1. The van der Waals surface area contributed by atoms with Crippen LogP contribution in [0.4, 0.5) is 0 Å². The van der Waals surface area contributed by atoms with Gasteiger partial charge in [-0.3, -0.25) is 4.79 Å². The van der Waals surface area contributed by atoms with Crippen LogP contribution in [0, 0.1) is 6.92 Å². The highest BCUT2D eigenvalue weighted by Crippen LogP contribution is 2.24. The molecule has 0 spiro atoms. The minimum atomic E-state index is -0.936. The third-order valence-electron chi connectivity index (χ3n) is 2.05. The number of carboxylic acids is 1. The van der Waals surface area contributed by atoms with E-state index in [2.05, 4.69) is 10.2 Å². The van der Waals surface area contributed by atoms with E-state index in [9.17, 15) is 4.79 Å². The molecule has 0 fully saturated rings. The van der Waals surface area contributed by atoms with Gasteiger partial charge in [-0.25, -0.2) is 4.68 Å². The van der Waals surface area contributed by atoms with Crippen LogP contribution in [0.15, 0.2) is 21.9 Å². The van der Waals surface area contributed by atoms with Crippen LogP contribution in [0.3, 0.4) is 0 Å². The lowest BCUT2D eigenvalue weighted by Crippen LogP contribution is -2.12. The van der Waals surface area contributed by atoms with Gasteiger partial charge in [0.15, 0.2) is 5.76 Å². The molecule has 2 aromatic rings. The third kappa shape index (κ3) is 2.26. The molecule has 2 aromatic heterocycles. The molecule has 2 heterocycles. The second-order valence-corrected chi connectivity index (χ2v) is 4.23. The monoisotopic (exact) mass is 254 g/mol. The smallest absolute Gasteiger partial charge is 0.313 e. The quantitative estimate of drug-likeness (QED) is 0.612. The van der Waals surface area contributed by atoms with E-state index in [0.717, 1.165) is 17.3 Å². The molecule has 8 heteroatoms. The van der Waals surface area contributed by atoms with Gasteiger partial charge in [-0.2, -0.15) is 0 Å². The first-order valence-electron chi connectivity index (χ1n) is 4.69. The van der Waals surface area contributed by atoms with Crippen molar-refractivity contribution in [1.29, 1.82) is 0 Å². The summed E-state index contributed by atoms with van der Waals surface area (Å²) in [5.41, 5.74) is 0.888. The number of aromatic nitrogens is 3. The maximum atomic E-state index is 10.4. The normalized spacial score (nSPS) is 10.6. The van der Waals surface area contributed by atoms with Gasteiger partial charge in [0.1, 0.15) is 0 Å². The third-order valence-corrected chi connectivity index (χ3v) is 2.98. The van der Waals surface area contributed by atoms with Gasteiger partial charge >= 0.3 is 5.97 Å². The van der Waals surface area contributed by atoms with Crippen LogP contribution in [0.1, 0.15) is 5.56 Å². The average Bonchev–Trinajstić information content (AvgIpc) is 2.82. The number of hydrogen-bond acceptors (Lipinski definition) is 6. The number of hydrogen-bond donors (Lipinski definition) is 2. The zero-order chi connectivity index (χ0) is 12.4. The molecule has 0 aliphatic heterocycles. The minimum absolute atomic E-state index is 0.119. The van der Waals surface area contributed by atoms with Gasteiger partial charge in [-0.1, -0.05) is 11.8 Å². The van der Waals surface area contributed by atoms with Crippen LogP contribution in [-0.2, 0) is 4.79 Å². The number of carbonyl (C=O) groups is 1. The summed E-state index contributed by atoms with van der Waals surface area (Å²) in [7, 11) is 0. The molecule has 17 heavy (non-hydrogen) atoms. The Labute approximate surface area is 101 Å². The number of thioether (sulfide) groups is 1. The van der Waals surface area contributed by atoms with Gasteiger partial charge in [0.2, 0.25) is 11.0 Å². The summed E-state index contributed by atoms with van der Waals surface area (Å²) in [6.45, 7) is 1.86. The summed E-state index contributed by atoms with van der Waals surface area (Å²) in [6, 6.07) is 1.79. The fourth-order valence-corrected chi connectivity index (χ4v) is 1.84. The van der Waals surface area contributed by atoms with E-state index in [1.54, 1.807) is 6.07 Å². The summed E-state index contributed by atoms with van der Waals surface area (Å²) in [6.07, 6.45) is 1.53. The predicted octanol–water partition coefficient (Wildman–Crippen LogP) is 0.737. The Kier molecular flexibility index (Phi) is 3.05. The van der Waals surface area contributed by atoms with Gasteiger partial charge in [0.25, 0.3) is 0 Å². The van der Waals surface area contributed by atoms with Crippen LogP contribution in [-0.4, -0.2) is 31.7 Å². The van der Waals surface area contributed by atoms with Gasteiger partial charge in [-0.05, 0) is 18.6 Å². The van der Waals surface area contributed by atoms with Crippen molar-refractivity contribution in [3.05, 3.63) is 17.9 Å². The molecule has 0 aromatic carbocycles. The Morgan fingerprint density at radius 1 is 1.65 bits per heavy atom. The lowest BCUT2D eigenvalue weighted by molar-refractivity contribution is -0.133. The van der Waals surface area contributed by atoms with Crippen molar-refractivity contribution in [2.75, 3.05) is 11.6 Å². The molecule has 3 N–H and O–H groups in total. The van der Waals surface area contributed by atoms with Crippen molar-refractivity contribution in [3.8, 4) is 11.6 Å². The molecule has 0 saturated heterocycles. The first-order valence-corrected chi connectivity index (χ1v) is 5.67. The van der Waals surface area contributed by atoms with E-state index >= 15 is 0 Å². The van der Waals surface area contributed by atoms with Gasteiger partial charge in [0.05, 0.1) is 12.0 Å². The zero-order valence-electron chi connectivity index (χ0n) is 8.95. The standard InChI is InChI=1S/C9H10N4O3S/c1-5-2-3-16-7(5)8-11-12-9(13(8)10)17-4-6(14)15/h2-3H,4,10H2,1H3,(H,14,15). The van der Waals surface area contributed by atoms with E-state index < -0.39 is 5.97 Å². The fraction of sp³-hybridized carbons (Fsp3) is 0.222. The van der Waals surface area contributed by atoms with E-state index in [-0.39, 0.29) is 5.75 Å². The highest BCUT2D eigenvalue weighted by molar-refractivity contribution is 7.99. The molecular formula is C9H10N4O3S. The summed E-state index contributed by atoms with van der Waals surface area (Å²) >= 11 is 1.00. The van der Waals surface area contributed by atoms with Crippen LogP contribution in [0.5, 0.6) is 0 Å². The number of carboxylic acid groups (broad SMARTS) is 1. The Morgan fingerprint density at radius 3 is 3.00 bits per heavy atom. The molecule has 90 valence electrons. The predicted molar refractivity (Wildman–Crippen MR) is 61.0 cm³/mol. The largest absolute Gasteiger partial charge is 0.481 e. The van der Waals surface area contributed by atoms with Crippen molar-refractivity contribution in [2.24, 2.45) is 0 Å². The minimum Gasteiger partial charge on any atom is -0.481 e. The molecule has 0 radical (unpaired) electrons.